The maximum Gasteiger partial charge on any atom is 0.336 e. The minimum atomic E-state index is -0.497. The average molecular weight is 445 g/mol. The predicted octanol–water partition coefficient (Wildman–Crippen LogP) is 5.18. The van der Waals surface area contributed by atoms with E-state index in [0.717, 1.165) is 22.2 Å². The number of aromatic nitrogens is 3. The van der Waals surface area contributed by atoms with Crippen LogP contribution >= 0.6 is 11.8 Å². The van der Waals surface area contributed by atoms with Crippen LogP contribution in [-0.4, -0.2) is 19.9 Å². The first-order chi connectivity index (χ1) is 15.6. The summed E-state index contributed by atoms with van der Waals surface area (Å²) in [6.45, 7) is 0. The van der Waals surface area contributed by atoms with Crippen LogP contribution in [0.25, 0.3) is 28.0 Å². The Morgan fingerprint density at radius 1 is 0.969 bits per heavy atom. The Bertz CT molecular complexity index is 1460. The number of hydrogen-bond acceptors (Lipinski definition) is 6. The first kappa shape index (κ1) is 20.0. The molecule has 0 spiro atoms. The molecule has 32 heavy (non-hydrogen) atoms. The van der Waals surface area contributed by atoms with Gasteiger partial charge in [0, 0.05) is 34.5 Å². The second-order valence-electron chi connectivity index (χ2n) is 7.04. The van der Waals surface area contributed by atoms with Gasteiger partial charge in [-0.3, -0.25) is 4.57 Å². The van der Waals surface area contributed by atoms with Gasteiger partial charge in [-0.2, -0.15) is 0 Å². The molecule has 6 nitrogen and oxygen atoms in total. The van der Waals surface area contributed by atoms with Crippen molar-refractivity contribution in [2.75, 3.05) is 0 Å². The van der Waals surface area contributed by atoms with E-state index in [0.29, 0.717) is 22.3 Å². The van der Waals surface area contributed by atoms with Gasteiger partial charge in [-0.1, -0.05) is 42.1 Å². The summed E-state index contributed by atoms with van der Waals surface area (Å²) in [5.41, 5.74) is 2.16. The van der Waals surface area contributed by atoms with Gasteiger partial charge in [0.05, 0.1) is 0 Å². The molecule has 0 aliphatic carbocycles. The molecule has 0 aliphatic rings. The fourth-order valence-electron chi connectivity index (χ4n) is 3.44. The summed E-state index contributed by atoms with van der Waals surface area (Å²) < 4.78 is 20.6. The monoisotopic (exact) mass is 445 g/mol. The van der Waals surface area contributed by atoms with Crippen molar-refractivity contribution in [3.8, 4) is 22.8 Å². The van der Waals surface area contributed by atoms with E-state index in [1.54, 1.807) is 24.3 Å². The van der Waals surface area contributed by atoms with Gasteiger partial charge in [-0.15, -0.1) is 10.2 Å². The van der Waals surface area contributed by atoms with E-state index < -0.39 is 5.63 Å². The van der Waals surface area contributed by atoms with Gasteiger partial charge in [0.2, 0.25) is 0 Å². The second kappa shape index (κ2) is 8.32. The molecule has 2 heterocycles. The van der Waals surface area contributed by atoms with Crippen LogP contribution in [0.4, 0.5) is 4.39 Å². The Balaban J connectivity index is 1.56. The lowest BCUT2D eigenvalue weighted by molar-refractivity contribution is 0.473. The van der Waals surface area contributed by atoms with Crippen molar-refractivity contribution >= 4 is 22.7 Å². The Labute approximate surface area is 186 Å². The van der Waals surface area contributed by atoms with Crippen LogP contribution in [0.5, 0.6) is 5.75 Å². The van der Waals surface area contributed by atoms with Crippen molar-refractivity contribution < 1.29 is 13.9 Å². The number of hydrogen-bond donors (Lipinski definition) is 1. The van der Waals surface area contributed by atoms with Crippen molar-refractivity contribution in [3.63, 3.8) is 0 Å². The van der Waals surface area contributed by atoms with Gasteiger partial charge in [-0.25, -0.2) is 9.18 Å². The highest BCUT2D eigenvalue weighted by Gasteiger charge is 2.17. The summed E-state index contributed by atoms with van der Waals surface area (Å²) in [5.74, 6) is 0.736. The molecular formula is C24H16FN3O3S. The van der Waals surface area contributed by atoms with E-state index in [1.807, 2.05) is 34.9 Å². The highest BCUT2D eigenvalue weighted by Crippen LogP contribution is 2.31. The third-order valence-corrected chi connectivity index (χ3v) is 5.90. The lowest BCUT2D eigenvalue weighted by atomic mass is 10.1. The van der Waals surface area contributed by atoms with Gasteiger partial charge in [0.1, 0.15) is 17.1 Å². The summed E-state index contributed by atoms with van der Waals surface area (Å²) in [6.07, 6.45) is 0. The quantitative estimate of drug-likeness (QED) is 0.297. The van der Waals surface area contributed by atoms with Crippen LogP contribution in [0.15, 0.2) is 93.2 Å². The van der Waals surface area contributed by atoms with Gasteiger partial charge in [0.15, 0.2) is 11.0 Å². The molecule has 3 aromatic carbocycles. The Kier molecular flexibility index (Phi) is 5.20. The van der Waals surface area contributed by atoms with E-state index in [-0.39, 0.29) is 11.6 Å². The van der Waals surface area contributed by atoms with Crippen molar-refractivity contribution in [1.29, 1.82) is 0 Å². The predicted molar refractivity (Wildman–Crippen MR) is 120 cm³/mol. The van der Waals surface area contributed by atoms with Crippen molar-refractivity contribution in [1.82, 2.24) is 14.8 Å². The van der Waals surface area contributed by atoms with Gasteiger partial charge >= 0.3 is 5.63 Å². The van der Waals surface area contributed by atoms with Crippen molar-refractivity contribution in [2.45, 2.75) is 10.9 Å². The standard InChI is InChI=1S/C24H16FN3O3S/c25-17-6-8-18(9-7-17)28-23(15-4-2-1-3-5-15)26-27-24(28)32-14-16-12-22(30)31-21-13-19(29)10-11-20(16)21/h1-13,29H,14H2. The molecule has 0 radical (unpaired) electrons. The summed E-state index contributed by atoms with van der Waals surface area (Å²) in [5, 5.41) is 19.8. The molecule has 0 amide bonds. The molecule has 0 aliphatic heterocycles. The summed E-state index contributed by atoms with van der Waals surface area (Å²) in [4.78, 5) is 12.0. The van der Waals surface area contributed by atoms with Crippen LogP contribution in [-0.2, 0) is 5.75 Å². The molecule has 0 saturated heterocycles. The largest absolute Gasteiger partial charge is 0.508 e. The first-order valence-electron chi connectivity index (χ1n) is 9.74. The highest BCUT2D eigenvalue weighted by molar-refractivity contribution is 7.98. The fourth-order valence-corrected chi connectivity index (χ4v) is 4.38. The van der Waals surface area contributed by atoms with E-state index >= 15 is 0 Å². The molecule has 5 aromatic rings. The molecule has 5 rings (SSSR count). The zero-order chi connectivity index (χ0) is 22.1. The molecule has 0 saturated carbocycles. The molecule has 0 unspecified atom stereocenters. The van der Waals surface area contributed by atoms with E-state index in [2.05, 4.69) is 10.2 Å². The van der Waals surface area contributed by atoms with Gasteiger partial charge in [0.25, 0.3) is 0 Å². The highest BCUT2D eigenvalue weighted by atomic mass is 32.2. The van der Waals surface area contributed by atoms with E-state index in [9.17, 15) is 14.3 Å². The van der Waals surface area contributed by atoms with Crippen LogP contribution in [0.2, 0.25) is 0 Å². The van der Waals surface area contributed by atoms with Crippen LogP contribution in [0.1, 0.15) is 5.56 Å². The topological polar surface area (TPSA) is 81.2 Å². The van der Waals surface area contributed by atoms with Gasteiger partial charge < -0.3 is 9.52 Å². The van der Waals surface area contributed by atoms with E-state index in [1.165, 1.54) is 36.0 Å². The molecule has 0 fully saturated rings. The molecule has 2 aromatic heterocycles. The number of thioether (sulfide) groups is 1. The zero-order valence-corrected chi connectivity index (χ0v) is 17.4. The summed E-state index contributed by atoms with van der Waals surface area (Å²) >= 11 is 1.39. The maximum absolute atomic E-state index is 13.5. The zero-order valence-electron chi connectivity index (χ0n) is 16.6. The third-order valence-electron chi connectivity index (χ3n) is 4.92. The average Bonchev–Trinajstić information content (AvgIpc) is 3.22. The number of phenols is 1. The second-order valence-corrected chi connectivity index (χ2v) is 7.99. The molecule has 1 N–H and O–H groups in total. The number of benzene rings is 3. The molecule has 158 valence electrons. The van der Waals surface area contributed by atoms with Gasteiger partial charge in [-0.05, 0) is 42.0 Å². The lowest BCUT2D eigenvalue weighted by Gasteiger charge is -2.11. The lowest BCUT2D eigenvalue weighted by Crippen LogP contribution is -2.02. The van der Waals surface area contributed by atoms with Crippen LogP contribution in [0.3, 0.4) is 0 Å². The number of phenolic OH excluding ortho intramolecular Hbond substituents is 1. The summed E-state index contributed by atoms with van der Waals surface area (Å²) in [6, 6.07) is 21.8. The van der Waals surface area contributed by atoms with E-state index in [4.69, 9.17) is 4.42 Å². The molecule has 0 bridgehead atoms. The number of rotatable bonds is 5. The van der Waals surface area contributed by atoms with Crippen LogP contribution < -0.4 is 5.63 Å². The van der Waals surface area contributed by atoms with Crippen molar-refractivity contribution in [2.24, 2.45) is 0 Å². The summed E-state index contributed by atoms with van der Waals surface area (Å²) in [7, 11) is 0. The minimum absolute atomic E-state index is 0.0222. The maximum atomic E-state index is 13.5. The third kappa shape index (κ3) is 3.88. The fraction of sp³-hybridized carbons (Fsp3) is 0.0417. The first-order valence-corrected chi connectivity index (χ1v) is 10.7. The normalized spacial score (nSPS) is 11.2. The molecular weight excluding hydrogens is 429 g/mol. The number of aromatic hydroxyl groups is 1. The molecule has 0 atom stereocenters. The Morgan fingerprint density at radius 2 is 1.75 bits per heavy atom. The SMILES string of the molecule is O=c1cc(CSc2nnc(-c3ccccc3)n2-c2ccc(F)cc2)c2ccc(O)cc2o1. The smallest absolute Gasteiger partial charge is 0.336 e. The van der Waals surface area contributed by atoms with Crippen LogP contribution in [0, 0.1) is 5.82 Å². The number of nitrogens with zero attached hydrogens (tertiary/aromatic N) is 3. The number of fused-ring (bicyclic) bond motifs is 1. The Hall–Kier alpha value is -3.91. The minimum Gasteiger partial charge on any atom is -0.508 e. The number of halogens is 1. The van der Waals surface area contributed by atoms with Crippen molar-refractivity contribution in [3.05, 3.63) is 101 Å². The Morgan fingerprint density at radius 3 is 2.53 bits per heavy atom. The molecule has 8 heteroatoms.